The summed E-state index contributed by atoms with van der Waals surface area (Å²) in [5.74, 6) is 1.23. The largest absolute Gasteiger partial charge is 0.493 e. The zero-order valence-electron chi connectivity index (χ0n) is 14.7. The molecule has 1 aliphatic rings. The number of ether oxygens (including phenoxy) is 2. The highest BCUT2D eigenvalue weighted by Crippen LogP contribution is 2.29. The second-order valence-electron chi connectivity index (χ2n) is 5.87. The van der Waals surface area contributed by atoms with Crippen LogP contribution in [-0.4, -0.2) is 61.5 Å². The number of nitrogens with zero attached hydrogens (tertiary/aromatic N) is 2. The molecule has 6 heteroatoms. The Morgan fingerprint density at radius 3 is 2.33 bits per heavy atom. The van der Waals surface area contributed by atoms with Crippen LogP contribution in [0.2, 0.25) is 0 Å². The zero-order valence-corrected chi connectivity index (χ0v) is 14.7. The highest BCUT2D eigenvalue weighted by molar-refractivity contribution is 5.95. The number of rotatable bonds is 6. The van der Waals surface area contributed by atoms with E-state index in [1.807, 2.05) is 0 Å². The van der Waals surface area contributed by atoms with Crippen molar-refractivity contribution in [1.82, 2.24) is 9.80 Å². The summed E-state index contributed by atoms with van der Waals surface area (Å²) in [4.78, 5) is 27.5. The van der Waals surface area contributed by atoms with Gasteiger partial charge in [0.15, 0.2) is 11.5 Å². The van der Waals surface area contributed by atoms with E-state index in [1.165, 1.54) is 0 Å². The maximum atomic E-state index is 12.6. The summed E-state index contributed by atoms with van der Waals surface area (Å²) in [6, 6.07) is 5.28. The van der Waals surface area contributed by atoms with Gasteiger partial charge in [0.05, 0.1) is 13.7 Å². The lowest BCUT2D eigenvalue weighted by Gasteiger charge is -2.34. The van der Waals surface area contributed by atoms with Crippen molar-refractivity contribution in [2.24, 2.45) is 0 Å². The number of carbonyl (C=O) groups is 2. The predicted octanol–water partition coefficient (Wildman–Crippen LogP) is 2.18. The van der Waals surface area contributed by atoms with E-state index in [-0.39, 0.29) is 11.8 Å². The van der Waals surface area contributed by atoms with Crippen LogP contribution in [0.3, 0.4) is 0 Å². The zero-order chi connectivity index (χ0) is 17.5. The van der Waals surface area contributed by atoms with E-state index in [0.717, 1.165) is 12.8 Å². The Morgan fingerprint density at radius 1 is 1.08 bits per heavy atom. The van der Waals surface area contributed by atoms with Gasteiger partial charge in [-0.15, -0.1) is 0 Å². The standard InChI is InChI=1S/C18H26N2O4/c1-4-5-12-24-16-7-6-15(13-17(16)23-3)18(22)20-10-8-19(9-11-20)14(2)21/h6-7,13H,4-5,8-12H2,1-3H3. The van der Waals surface area contributed by atoms with Crippen LogP contribution < -0.4 is 9.47 Å². The number of carbonyl (C=O) groups excluding carboxylic acids is 2. The van der Waals surface area contributed by atoms with Gasteiger partial charge < -0.3 is 19.3 Å². The first-order chi connectivity index (χ1) is 11.6. The molecule has 1 saturated heterocycles. The Hall–Kier alpha value is -2.24. The first kappa shape index (κ1) is 18.1. The maximum absolute atomic E-state index is 12.6. The van der Waals surface area contributed by atoms with Crippen LogP contribution in [0, 0.1) is 0 Å². The molecular weight excluding hydrogens is 308 g/mol. The maximum Gasteiger partial charge on any atom is 0.254 e. The minimum absolute atomic E-state index is 0.0448. The lowest BCUT2D eigenvalue weighted by atomic mass is 10.1. The molecule has 24 heavy (non-hydrogen) atoms. The van der Waals surface area contributed by atoms with Gasteiger partial charge in [0, 0.05) is 38.7 Å². The average Bonchev–Trinajstić information content (AvgIpc) is 2.61. The first-order valence-corrected chi connectivity index (χ1v) is 8.42. The Balaban J connectivity index is 2.03. The fourth-order valence-corrected chi connectivity index (χ4v) is 2.65. The number of amides is 2. The molecule has 0 unspecified atom stereocenters. The van der Waals surface area contributed by atoms with Crippen LogP contribution in [-0.2, 0) is 4.79 Å². The van der Waals surface area contributed by atoms with Crippen molar-refractivity contribution in [2.45, 2.75) is 26.7 Å². The molecule has 1 aliphatic heterocycles. The highest BCUT2D eigenvalue weighted by Gasteiger charge is 2.24. The molecule has 0 saturated carbocycles. The molecule has 1 heterocycles. The molecule has 1 aromatic carbocycles. The number of hydrogen-bond donors (Lipinski definition) is 0. The Labute approximate surface area is 143 Å². The third-order valence-electron chi connectivity index (χ3n) is 4.18. The van der Waals surface area contributed by atoms with E-state index >= 15 is 0 Å². The normalized spacial score (nSPS) is 14.5. The molecule has 6 nitrogen and oxygen atoms in total. The minimum Gasteiger partial charge on any atom is -0.493 e. The van der Waals surface area contributed by atoms with Gasteiger partial charge in [-0.1, -0.05) is 13.3 Å². The molecule has 1 fully saturated rings. The number of unbranched alkanes of at least 4 members (excludes halogenated alkanes) is 1. The second kappa shape index (κ2) is 8.57. The monoisotopic (exact) mass is 334 g/mol. The lowest BCUT2D eigenvalue weighted by Crippen LogP contribution is -2.50. The van der Waals surface area contributed by atoms with E-state index in [0.29, 0.717) is 49.8 Å². The van der Waals surface area contributed by atoms with Crippen molar-refractivity contribution < 1.29 is 19.1 Å². The molecule has 0 aliphatic carbocycles. The van der Waals surface area contributed by atoms with Crippen LogP contribution in [0.25, 0.3) is 0 Å². The minimum atomic E-state index is -0.0448. The van der Waals surface area contributed by atoms with Crippen LogP contribution >= 0.6 is 0 Å². The van der Waals surface area contributed by atoms with Gasteiger partial charge in [0.25, 0.3) is 5.91 Å². The number of piperazine rings is 1. The average molecular weight is 334 g/mol. The van der Waals surface area contributed by atoms with Crippen LogP contribution in [0.5, 0.6) is 11.5 Å². The van der Waals surface area contributed by atoms with Crippen molar-refractivity contribution >= 4 is 11.8 Å². The Bertz CT molecular complexity index is 580. The van der Waals surface area contributed by atoms with Crippen molar-refractivity contribution in [1.29, 1.82) is 0 Å². The molecule has 132 valence electrons. The van der Waals surface area contributed by atoms with Crippen molar-refractivity contribution in [3.05, 3.63) is 23.8 Å². The quantitative estimate of drug-likeness (QED) is 0.748. The summed E-state index contributed by atoms with van der Waals surface area (Å²) in [5.41, 5.74) is 0.575. The number of benzene rings is 1. The summed E-state index contributed by atoms with van der Waals surface area (Å²) < 4.78 is 11.0. The van der Waals surface area contributed by atoms with Crippen LogP contribution in [0.1, 0.15) is 37.0 Å². The highest BCUT2D eigenvalue weighted by atomic mass is 16.5. The fraction of sp³-hybridized carbons (Fsp3) is 0.556. The van der Waals surface area contributed by atoms with Gasteiger partial charge in [-0.2, -0.15) is 0 Å². The van der Waals surface area contributed by atoms with Gasteiger partial charge in [0.2, 0.25) is 5.91 Å². The van der Waals surface area contributed by atoms with E-state index in [1.54, 1.807) is 42.0 Å². The fourth-order valence-electron chi connectivity index (χ4n) is 2.65. The molecule has 0 spiro atoms. The van der Waals surface area contributed by atoms with E-state index in [2.05, 4.69) is 6.92 Å². The van der Waals surface area contributed by atoms with Crippen LogP contribution in [0.15, 0.2) is 18.2 Å². The van der Waals surface area contributed by atoms with Gasteiger partial charge in [-0.05, 0) is 24.6 Å². The molecule has 0 aromatic heterocycles. The first-order valence-electron chi connectivity index (χ1n) is 8.42. The summed E-state index contributed by atoms with van der Waals surface area (Å²) in [5, 5.41) is 0. The summed E-state index contributed by atoms with van der Waals surface area (Å²) in [7, 11) is 1.57. The topological polar surface area (TPSA) is 59.1 Å². The van der Waals surface area contributed by atoms with E-state index in [9.17, 15) is 9.59 Å². The summed E-state index contributed by atoms with van der Waals surface area (Å²) >= 11 is 0. The smallest absolute Gasteiger partial charge is 0.254 e. The van der Waals surface area contributed by atoms with E-state index < -0.39 is 0 Å². The van der Waals surface area contributed by atoms with Crippen LogP contribution in [0.4, 0.5) is 0 Å². The van der Waals surface area contributed by atoms with Crippen molar-refractivity contribution in [3.8, 4) is 11.5 Å². The third kappa shape index (κ3) is 4.40. The molecule has 0 atom stereocenters. The van der Waals surface area contributed by atoms with Gasteiger partial charge in [-0.3, -0.25) is 9.59 Å². The molecular formula is C18H26N2O4. The lowest BCUT2D eigenvalue weighted by molar-refractivity contribution is -0.130. The van der Waals surface area contributed by atoms with E-state index in [4.69, 9.17) is 9.47 Å². The second-order valence-corrected chi connectivity index (χ2v) is 5.87. The predicted molar refractivity (Wildman–Crippen MR) is 91.6 cm³/mol. The molecule has 2 amide bonds. The van der Waals surface area contributed by atoms with Gasteiger partial charge >= 0.3 is 0 Å². The molecule has 0 N–H and O–H groups in total. The van der Waals surface area contributed by atoms with Gasteiger partial charge in [0.1, 0.15) is 0 Å². The van der Waals surface area contributed by atoms with Gasteiger partial charge in [-0.25, -0.2) is 0 Å². The summed E-state index contributed by atoms with van der Waals surface area (Å²) in [6.07, 6.45) is 2.04. The Morgan fingerprint density at radius 2 is 1.75 bits per heavy atom. The number of methoxy groups -OCH3 is 1. The third-order valence-corrected chi connectivity index (χ3v) is 4.18. The number of hydrogen-bond acceptors (Lipinski definition) is 4. The molecule has 0 radical (unpaired) electrons. The SMILES string of the molecule is CCCCOc1ccc(C(=O)N2CCN(C(C)=O)CC2)cc1OC. The molecule has 1 aromatic rings. The Kier molecular flexibility index (Phi) is 6.46. The van der Waals surface area contributed by atoms with Crippen molar-refractivity contribution in [3.63, 3.8) is 0 Å². The molecule has 0 bridgehead atoms. The van der Waals surface area contributed by atoms with Crippen molar-refractivity contribution in [2.75, 3.05) is 39.9 Å². The molecule has 2 rings (SSSR count). The summed E-state index contributed by atoms with van der Waals surface area (Å²) in [6.45, 7) is 6.55.